The van der Waals surface area contributed by atoms with Crippen molar-refractivity contribution in [2.45, 2.75) is 19.9 Å². The van der Waals surface area contributed by atoms with Crippen molar-refractivity contribution in [2.24, 2.45) is 0 Å². The lowest BCUT2D eigenvalue weighted by Gasteiger charge is -2.34. The fourth-order valence-electron chi connectivity index (χ4n) is 4.06. The van der Waals surface area contributed by atoms with Gasteiger partial charge < -0.3 is 35.6 Å². The van der Waals surface area contributed by atoms with Crippen molar-refractivity contribution in [2.75, 3.05) is 93.4 Å². The van der Waals surface area contributed by atoms with Crippen LogP contribution in [0.2, 0.25) is 0 Å². The van der Waals surface area contributed by atoms with Gasteiger partial charge in [-0.3, -0.25) is 4.79 Å². The summed E-state index contributed by atoms with van der Waals surface area (Å²) < 4.78 is 0. The highest BCUT2D eigenvalue weighted by Crippen LogP contribution is 2.22. The van der Waals surface area contributed by atoms with Crippen LogP contribution in [0.15, 0.2) is 24.3 Å². The van der Waals surface area contributed by atoms with Crippen molar-refractivity contribution in [3.8, 4) is 0 Å². The Hall–Kier alpha value is -3.18. The van der Waals surface area contributed by atoms with Crippen molar-refractivity contribution in [1.29, 1.82) is 0 Å². The third-order valence-corrected chi connectivity index (χ3v) is 6.23. The van der Waals surface area contributed by atoms with Crippen LogP contribution in [0.25, 0.3) is 0 Å². The molecule has 2 saturated heterocycles. The maximum Gasteiger partial charge on any atom is 0.239 e. The molecule has 190 valence electrons. The predicted molar refractivity (Wildman–Crippen MR) is 141 cm³/mol. The Kier molecular flexibility index (Phi) is 8.19. The van der Waals surface area contributed by atoms with Crippen LogP contribution in [-0.4, -0.2) is 110 Å². The van der Waals surface area contributed by atoms with Crippen LogP contribution in [0.1, 0.15) is 13.8 Å². The van der Waals surface area contributed by atoms with Gasteiger partial charge in [0, 0.05) is 69.8 Å². The smallest absolute Gasteiger partial charge is 0.239 e. The minimum Gasteiger partial charge on any atom is -0.376 e. The van der Waals surface area contributed by atoms with E-state index in [0.717, 1.165) is 75.6 Å². The van der Waals surface area contributed by atoms with E-state index in [-0.39, 0.29) is 18.5 Å². The average Bonchev–Trinajstić information content (AvgIpc) is 2.84. The molecule has 4 rings (SSSR count). The van der Waals surface area contributed by atoms with Crippen molar-refractivity contribution < 1.29 is 4.79 Å². The molecule has 0 aliphatic carbocycles. The highest BCUT2D eigenvalue weighted by molar-refractivity contribution is 5.81. The van der Waals surface area contributed by atoms with Crippen molar-refractivity contribution in [1.82, 2.24) is 30.1 Å². The van der Waals surface area contributed by atoms with Gasteiger partial charge in [-0.1, -0.05) is 0 Å². The first kappa shape index (κ1) is 24.9. The lowest BCUT2D eigenvalue weighted by molar-refractivity contribution is -0.119. The number of likely N-dealkylation sites (N-methyl/N-ethyl adjacent to an activating group) is 2. The van der Waals surface area contributed by atoms with Crippen molar-refractivity contribution >= 4 is 35.1 Å². The Morgan fingerprint density at radius 2 is 1.29 bits per heavy atom. The molecule has 2 aliphatic heterocycles. The minimum absolute atomic E-state index is 0.0275. The average molecular weight is 483 g/mol. The number of carbonyl (C=O) groups is 1. The molecule has 3 N–H and O–H groups in total. The normalized spacial score (nSPS) is 17.5. The number of hydrogen-bond donors (Lipinski definition) is 3. The Bertz CT molecular complexity index is 927. The summed E-state index contributed by atoms with van der Waals surface area (Å²) >= 11 is 0. The number of piperazine rings is 2. The Balaban J connectivity index is 1.47. The molecule has 1 aromatic heterocycles. The molecule has 2 fully saturated rings. The number of nitrogens with zero attached hydrogens (tertiary/aromatic N) is 7. The van der Waals surface area contributed by atoms with Gasteiger partial charge in [0.1, 0.15) is 0 Å². The van der Waals surface area contributed by atoms with Gasteiger partial charge in [-0.2, -0.15) is 15.0 Å². The van der Waals surface area contributed by atoms with Gasteiger partial charge in [0.05, 0.1) is 6.54 Å². The van der Waals surface area contributed by atoms with E-state index < -0.39 is 0 Å². The molecule has 11 heteroatoms. The first-order chi connectivity index (χ1) is 16.9. The van der Waals surface area contributed by atoms with E-state index in [1.54, 1.807) is 0 Å². The maximum atomic E-state index is 11.9. The van der Waals surface area contributed by atoms with Crippen LogP contribution in [-0.2, 0) is 4.79 Å². The van der Waals surface area contributed by atoms with Gasteiger partial charge in [-0.05, 0) is 52.2 Å². The fourth-order valence-corrected chi connectivity index (χ4v) is 4.06. The summed E-state index contributed by atoms with van der Waals surface area (Å²) in [5, 5.41) is 9.38. The second-order valence-corrected chi connectivity index (χ2v) is 9.62. The van der Waals surface area contributed by atoms with Gasteiger partial charge in [0.25, 0.3) is 0 Å². The number of nitrogens with one attached hydrogen (secondary N) is 3. The van der Waals surface area contributed by atoms with E-state index >= 15 is 0 Å². The first-order valence-corrected chi connectivity index (χ1v) is 12.4. The van der Waals surface area contributed by atoms with E-state index in [9.17, 15) is 4.79 Å². The van der Waals surface area contributed by atoms with Crippen LogP contribution in [0.5, 0.6) is 0 Å². The summed E-state index contributed by atoms with van der Waals surface area (Å²) in [6.07, 6.45) is 0. The second-order valence-electron chi connectivity index (χ2n) is 9.62. The molecular formula is C24H38N10O. The third-order valence-electron chi connectivity index (χ3n) is 6.23. The van der Waals surface area contributed by atoms with Gasteiger partial charge in [-0.15, -0.1) is 0 Å². The summed E-state index contributed by atoms with van der Waals surface area (Å²) in [6.45, 7) is 11.7. The Morgan fingerprint density at radius 1 is 0.800 bits per heavy atom. The number of rotatable bonds is 8. The molecule has 0 atom stereocenters. The molecule has 0 radical (unpaired) electrons. The zero-order valence-corrected chi connectivity index (χ0v) is 21.3. The summed E-state index contributed by atoms with van der Waals surface area (Å²) in [4.78, 5) is 35.4. The fraction of sp³-hybridized carbons (Fsp3) is 0.583. The van der Waals surface area contributed by atoms with Crippen molar-refractivity contribution in [3.05, 3.63) is 24.3 Å². The Morgan fingerprint density at radius 3 is 1.77 bits per heavy atom. The molecule has 0 spiro atoms. The van der Waals surface area contributed by atoms with E-state index in [4.69, 9.17) is 15.0 Å². The molecule has 2 aliphatic rings. The van der Waals surface area contributed by atoms with Gasteiger partial charge in [0.15, 0.2) is 0 Å². The molecule has 2 aromatic rings. The van der Waals surface area contributed by atoms with Crippen LogP contribution in [0.4, 0.5) is 29.2 Å². The van der Waals surface area contributed by atoms with Gasteiger partial charge in [0.2, 0.25) is 23.8 Å². The standard InChI is InChI=1S/C24H38N10O/c1-18(2)26-21(35)17-25-19-5-7-20(8-6-19)27-22-28-23(33-13-9-31(3)10-14-33)30-24(29-22)34-15-11-32(4)12-16-34/h5-8,18,25H,9-17H2,1-4H3,(H,26,35)(H,27,28,29,30). The second kappa shape index (κ2) is 11.5. The maximum absolute atomic E-state index is 11.9. The number of anilines is 5. The zero-order valence-electron chi connectivity index (χ0n) is 21.3. The van der Waals surface area contributed by atoms with Crippen LogP contribution >= 0.6 is 0 Å². The lowest BCUT2D eigenvalue weighted by atomic mass is 10.2. The summed E-state index contributed by atoms with van der Waals surface area (Å²) in [5.74, 6) is 1.96. The molecular weight excluding hydrogens is 444 g/mol. The highest BCUT2D eigenvalue weighted by Gasteiger charge is 2.22. The summed E-state index contributed by atoms with van der Waals surface area (Å²) in [7, 11) is 4.28. The third kappa shape index (κ3) is 7.15. The molecule has 0 bridgehead atoms. The van der Waals surface area contributed by atoms with Crippen LogP contribution in [0.3, 0.4) is 0 Å². The molecule has 0 saturated carbocycles. The largest absolute Gasteiger partial charge is 0.376 e. The summed E-state index contributed by atoms with van der Waals surface area (Å²) in [5.41, 5.74) is 1.75. The first-order valence-electron chi connectivity index (χ1n) is 12.4. The number of hydrogen-bond acceptors (Lipinski definition) is 10. The highest BCUT2D eigenvalue weighted by atomic mass is 16.1. The molecule has 1 aromatic carbocycles. The zero-order chi connectivity index (χ0) is 24.8. The molecule has 0 unspecified atom stereocenters. The summed E-state index contributed by atoms with van der Waals surface area (Å²) in [6, 6.07) is 7.92. The predicted octanol–water partition coefficient (Wildman–Crippen LogP) is 1.06. The van der Waals surface area contributed by atoms with E-state index in [0.29, 0.717) is 5.95 Å². The van der Waals surface area contributed by atoms with Crippen LogP contribution in [0, 0.1) is 0 Å². The number of benzene rings is 1. The number of aromatic nitrogens is 3. The quantitative estimate of drug-likeness (QED) is 0.506. The molecule has 1 amide bonds. The molecule has 35 heavy (non-hydrogen) atoms. The van der Waals surface area contributed by atoms with E-state index in [1.165, 1.54) is 0 Å². The number of amides is 1. The SMILES string of the molecule is CC(C)NC(=O)CNc1ccc(Nc2nc(N3CCN(C)CC3)nc(N3CCN(C)CC3)n2)cc1. The van der Waals surface area contributed by atoms with Gasteiger partial charge in [-0.25, -0.2) is 0 Å². The van der Waals surface area contributed by atoms with E-state index in [1.807, 2.05) is 38.1 Å². The molecule has 3 heterocycles. The molecule has 11 nitrogen and oxygen atoms in total. The van der Waals surface area contributed by atoms with E-state index in [2.05, 4.69) is 49.6 Å². The van der Waals surface area contributed by atoms with Crippen LogP contribution < -0.4 is 25.8 Å². The Labute approximate surface area is 207 Å². The van der Waals surface area contributed by atoms with Crippen molar-refractivity contribution in [3.63, 3.8) is 0 Å². The monoisotopic (exact) mass is 482 g/mol. The topological polar surface area (TPSA) is 105 Å². The van der Waals surface area contributed by atoms with Gasteiger partial charge >= 0.3 is 0 Å². The number of carbonyl (C=O) groups excluding carboxylic acids is 1. The lowest BCUT2D eigenvalue weighted by Crippen LogP contribution is -2.46. The minimum atomic E-state index is -0.0275.